The molecule has 2 aromatic heterocycles. The van der Waals surface area contributed by atoms with Crippen LogP contribution in [0, 0.1) is 0 Å². The van der Waals surface area contributed by atoms with Crippen molar-refractivity contribution in [2.45, 2.75) is 26.4 Å². The molecular weight excluding hydrogens is 232 g/mol. The molecule has 0 aromatic carbocycles. The molecule has 0 aliphatic carbocycles. The van der Waals surface area contributed by atoms with Gasteiger partial charge in [-0.1, -0.05) is 12.1 Å². The smallest absolute Gasteiger partial charge is 0.260 e. The maximum Gasteiger partial charge on any atom is 0.260 e. The van der Waals surface area contributed by atoms with Gasteiger partial charge in [0.1, 0.15) is 6.10 Å². The molecule has 6 heteroatoms. The van der Waals surface area contributed by atoms with Crippen molar-refractivity contribution in [2.24, 2.45) is 0 Å². The first-order valence-electron chi connectivity index (χ1n) is 5.91. The lowest BCUT2D eigenvalue weighted by Gasteiger charge is -2.09. The first kappa shape index (κ1) is 12.5. The van der Waals surface area contributed by atoms with E-state index in [1.807, 2.05) is 13.8 Å². The number of aromatic nitrogens is 3. The average Bonchev–Trinajstić information content (AvgIpc) is 2.85. The van der Waals surface area contributed by atoms with Crippen molar-refractivity contribution in [3.8, 4) is 11.5 Å². The highest BCUT2D eigenvalue weighted by atomic mass is 16.5. The monoisotopic (exact) mass is 248 g/mol. The summed E-state index contributed by atoms with van der Waals surface area (Å²) in [6.07, 6.45) is 3.84. The molecule has 0 saturated carbocycles. The predicted octanol–water partition coefficient (Wildman–Crippen LogP) is 2.20. The van der Waals surface area contributed by atoms with Crippen LogP contribution in [0.15, 0.2) is 23.0 Å². The Labute approximate surface area is 105 Å². The van der Waals surface area contributed by atoms with E-state index in [-0.39, 0.29) is 6.10 Å². The molecule has 0 fully saturated rings. The summed E-state index contributed by atoms with van der Waals surface area (Å²) < 4.78 is 10.7. The third kappa shape index (κ3) is 2.48. The summed E-state index contributed by atoms with van der Waals surface area (Å²) in [5.74, 6) is 0.939. The predicted molar refractivity (Wildman–Crippen MR) is 66.6 cm³/mol. The first-order valence-corrected chi connectivity index (χ1v) is 5.91. The third-order valence-corrected chi connectivity index (χ3v) is 2.55. The van der Waals surface area contributed by atoms with Crippen molar-refractivity contribution in [3.63, 3.8) is 0 Å². The zero-order valence-corrected chi connectivity index (χ0v) is 10.5. The zero-order chi connectivity index (χ0) is 13.0. The fourth-order valence-electron chi connectivity index (χ4n) is 1.65. The molecule has 2 N–H and O–H groups in total. The van der Waals surface area contributed by atoms with E-state index in [0.717, 1.165) is 6.42 Å². The van der Waals surface area contributed by atoms with Gasteiger partial charge < -0.3 is 15.0 Å². The van der Waals surface area contributed by atoms with E-state index in [0.29, 0.717) is 29.6 Å². The number of nitrogens with zero attached hydrogens (tertiary/aromatic N) is 3. The largest absolute Gasteiger partial charge is 0.397 e. The lowest BCUT2D eigenvalue weighted by Crippen LogP contribution is -2.04. The van der Waals surface area contributed by atoms with Gasteiger partial charge in [-0.25, -0.2) is 0 Å². The Morgan fingerprint density at radius 1 is 1.44 bits per heavy atom. The second-order valence-electron chi connectivity index (χ2n) is 3.77. The number of nitrogen functional groups attached to an aromatic ring is 1. The van der Waals surface area contributed by atoms with E-state index in [1.165, 1.54) is 0 Å². The summed E-state index contributed by atoms with van der Waals surface area (Å²) >= 11 is 0. The average molecular weight is 248 g/mol. The molecule has 6 nitrogen and oxygen atoms in total. The Kier molecular flexibility index (Phi) is 3.88. The second kappa shape index (κ2) is 5.59. The van der Waals surface area contributed by atoms with Gasteiger partial charge in [-0.05, 0) is 19.4 Å². The van der Waals surface area contributed by atoms with Gasteiger partial charge in [0.15, 0.2) is 0 Å². The molecule has 0 saturated heterocycles. The molecule has 2 heterocycles. The van der Waals surface area contributed by atoms with Crippen LogP contribution < -0.4 is 5.73 Å². The molecule has 0 aliphatic rings. The highest BCUT2D eigenvalue weighted by Crippen LogP contribution is 2.25. The number of ether oxygens (including phenoxy) is 1. The quantitative estimate of drug-likeness (QED) is 0.872. The molecular formula is C12H16N4O2. The summed E-state index contributed by atoms with van der Waals surface area (Å²) in [7, 11) is 0. The first-order chi connectivity index (χ1) is 8.76. The zero-order valence-electron chi connectivity index (χ0n) is 10.5. The molecule has 1 unspecified atom stereocenters. The van der Waals surface area contributed by atoms with Crippen molar-refractivity contribution in [1.29, 1.82) is 0 Å². The molecule has 0 amide bonds. The van der Waals surface area contributed by atoms with Gasteiger partial charge in [-0.3, -0.25) is 4.98 Å². The van der Waals surface area contributed by atoms with Gasteiger partial charge in [0, 0.05) is 12.8 Å². The van der Waals surface area contributed by atoms with E-state index < -0.39 is 0 Å². The normalized spacial score (nSPS) is 12.6. The Hall–Kier alpha value is -1.95. The summed E-state index contributed by atoms with van der Waals surface area (Å²) in [4.78, 5) is 8.24. The van der Waals surface area contributed by atoms with Crippen molar-refractivity contribution in [3.05, 3.63) is 24.3 Å². The van der Waals surface area contributed by atoms with Gasteiger partial charge >= 0.3 is 0 Å². The van der Waals surface area contributed by atoms with Gasteiger partial charge in [0.05, 0.1) is 17.4 Å². The fourth-order valence-corrected chi connectivity index (χ4v) is 1.65. The third-order valence-electron chi connectivity index (χ3n) is 2.55. The van der Waals surface area contributed by atoms with Crippen LogP contribution in [0.25, 0.3) is 11.5 Å². The number of hydrogen-bond donors (Lipinski definition) is 1. The highest BCUT2D eigenvalue weighted by molar-refractivity contribution is 5.68. The Balaban J connectivity index is 2.28. The van der Waals surface area contributed by atoms with Crippen LogP contribution in [-0.2, 0) is 4.74 Å². The number of anilines is 1. The minimum atomic E-state index is -0.143. The van der Waals surface area contributed by atoms with Gasteiger partial charge in [0.25, 0.3) is 5.89 Å². The van der Waals surface area contributed by atoms with Crippen LogP contribution in [0.4, 0.5) is 5.69 Å². The lowest BCUT2D eigenvalue weighted by atomic mass is 10.2. The number of pyridine rings is 1. The fraction of sp³-hybridized carbons (Fsp3) is 0.417. The van der Waals surface area contributed by atoms with E-state index in [9.17, 15) is 0 Å². The van der Waals surface area contributed by atoms with E-state index in [2.05, 4.69) is 15.1 Å². The second-order valence-corrected chi connectivity index (χ2v) is 3.77. The molecule has 96 valence electrons. The molecule has 0 bridgehead atoms. The van der Waals surface area contributed by atoms with E-state index in [4.69, 9.17) is 15.0 Å². The van der Waals surface area contributed by atoms with Crippen molar-refractivity contribution in [2.75, 3.05) is 12.3 Å². The molecule has 0 aliphatic heterocycles. The van der Waals surface area contributed by atoms with Crippen LogP contribution >= 0.6 is 0 Å². The molecule has 2 rings (SSSR count). The van der Waals surface area contributed by atoms with E-state index in [1.54, 1.807) is 18.5 Å². The SMILES string of the molecule is CCOC(CC)c1noc(-c2ccncc2N)n1. The van der Waals surface area contributed by atoms with Crippen LogP contribution in [0.5, 0.6) is 0 Å². The maximum atomic E-state index is 5.81. The standard InChI is InChI=1S/C12H16N4O2/c1-3-10(17-4-2)11-15-12(18-16-11)8-5-6-14-7-9(8)13/h5-7,10H,3-4,13H2,1-2H3. The summed E-state index contributed by atoms with van der Waals surface area (Å²) in [6, 6.07) is 1.74. The summed E-state index contributed by atoms with van der Waals surface area (Å²) in [5, 5.41) is 3.94. The van der Waals surface area contributed by atoms with Crippen molar-refractivity contribution < 1.29 is 9.26 Å². The molecule has 2 aromatic rings. The topological polar surface area (TPSA) is 87.1 Å². The lowest BCUT2D eigenvalue weighted by molar-refractivity contribution is 0.0518. The number of rotatable bonds is 5. The Morgan fingerprint density at radius 2 is 2.28 bits per heavy atom. The van der Waals surface area contributed by atoms with Crippen LogP contribution in [-0.4, -0.2) is 21.7 Å². The highest BCUT2D eigenvalue weighted by Gasteiger charge is 2.18. The Morgan fingerprint density at radius 3 is 2.94 bits per heavy atom. The van der Waals surface area contributed by atoms with Crippen LogP contribution in [0.2, 0.25) is 0 Å². The molecule has 0 radical (unpaired) electrons. The molecule has 0 spiro atoms. The minimum absolute atomic E-state index is 0.143. The maximum absolute atomic E-state index is 5.81. The minimum Gasteiger partial charge on any atom is -0.397 e. The van der Waals surface area contributed by atoms with Gasteiger partial charge in [0.2, 0.25) is 5.82 Å². The van der Waals surface area contributed by atoms with Crippen molar-refractivity contribution >= 4 is 5.69 Å². The number of nitrogens with two attached hydrogens (primary N) is 1. The van der Waals surface area contributed by atoms with Crippen LogP contribution in [0.1, 0.15) is 32.2 Å². The van der Waals surface area contributed by atoms with Gasteiger partial charge in [-0.2, -0.15) is 4.98 Å². The molecule has 1 atom stereocenters. The summed E-state index contributed by atoms with van der Waals surface area (Å²) in [6.45, 7) is 4.56. The molecule has 18 heavy (non-hydrogen) atoms. The van der Waals surface area contributed by atoms with Crippen molar-refractivity contribution in [1.82, 2.24) is 15.1 Å². The van der Waals surface area contributed by atoms with Gasteiger partial charge in [-0.15, -0.1) is 0 Å². The van der Waals surface area contributed by atoms with E-state index >= 15 is 0 Å². The number of hydrogen-bond acceptors (Lipinski definition) is 6. The Bertz CT molecular complexity index is 512. The summed E-state index contributed by atoms with van der Waals surface area (Å²) in [5.41, 5.74) is 7.01. The van der Waals surface area contributed by atoms with Crippen LogP contribution in [0.3, 0.4) is 0 Å².